The molecule has 1 aromatic carbocycles. The predicted octanol–water partition coefficient (Wildman–Crippen LogP) is 3.31. The largest absolute Gasteiger partial charge is 0.466 e. The van der Waals surface area contributed by atoms with Gasteiger partial charge >= 0.3 is 5.97 Å². The minimum absolute atomic E-state index is 0.123. The van der Waals surface area contributed by atoms with E-state index in [0.29, 0.717) is 18.9 Å². The van der Waals surface area contributed by atoms with Gasteiger partial charge in [-0.3, -0.25) is 9.89 Å². The van der Waals surface area contributed by atoms with Gasteiger partial charge in [0.1, 0.15) is 5.82 Å². The molecule has 23 heavy (non-hydrogen) atoms. The summed E-state index contributed by atoms with van der Waals surface area (Å²) in [6.07, 6.45) is 2.19. The summed E-state index contributed by atoms with van der Waals surface area (Å²) in [7, 11) is 0. The van der Waals surface area contributed by atoms with Gasteiger partial charge in [-0.2, -0.15) is 5.10 Å². The lowest BCUT2D eigenvalue weighted by molar-refractivity contribution is -0.143. The van der Waals surface area contributed by atoms with E-state index in [1.165, 1.54) is 0 Å². The minimum Gasteiger partial charge on any atom is -0.466 e. The number of nitrogens with one attached hydrogen (secondary N) is 2. The van der Waals surface area contributed by atoms with E-state index >= 15 is 0 Å². The average molecular weight is 316 g/mol. The number of hydrogen-bond acceptors (Lipinski definition) is 5. The van der Waals surface area contributed by atoms with Crippen LogP contribution in [0.25, 0.3) is 11.4 Å². The summed E-state index contributed by atoms with van der Waals surface area (Å²) in [5.41, 5.74) is 1.99. The quantitative estimate of drug-likeness (QED) is 0.730. The number of nitrogens with zero attached hydrogens (tertiary/aromatic N) is 2. The van der Waals surface area contributed by atoms with Gasteiger partial charge < -0.3 is 10.1 Å². The maximum atomic E-state index is 11.3. The molecule has 0 aliphatic heterocycles. The molecule has 0 spiro atoms. The SMILES string of the molecule is CCOC(=O)CCC[C@H](C)Nc1cccc(-c2n[nH]c(C)n2)c1. The molecule has 124 valence electrons. The van der Waals surface area contributed by atoms with E-state index < -0.39 is 0 Å². The van der Waals surface area contributed by atoms with Crippen LogP contribution in [0.3, 0.4) is 0 Å². The van der Waals surface area contributed by atoms with Crippen molar-refractivity contribution in [3.8, 4) is 11.4 Å². The number of carbonyl (C=O) groups is 1. The monoisotopic (exact) mass is 316 g/mol. The molecule has 6 heteroatoms. The van der Waals surface area contributed by atoms with Crippen LogP contribution in [-0.4, -0.2) is 33.8 Å². The van der Waals surface area contributed by atoms with Gasteiger partial charge in [0.05, 0.1) is 6.61 Å². The molecule has 1 aromatic heterocycles. The first kappa shape index (κ1) is 17.0. The third-order valence-corrected chi connectivity index (χ3v) is 3.45. The highest BCUT2D eigenvalue weighted by atomic mass is 16.5. The van der Waals surface area contributed by atoms with Crippen LogP contribution in [0.1, 0.15) is 38.9 Å². The summed E-state index contributed by atoms with van der Waals surface area (Å²) in [5.74, 6) is 1.37. The second-order valence-corrected chi connectivity index (χ2v) is 5.57. The van der Waals surface area contributed by atoms with Crippen molar-refractivity contribution in [1.29, 1.82) is 0 Å². The number of hydrogen-bond donors (Lipinski definition) is 2. The lowest BCUT2D eigenvalue weighted by Crippen LogP contribution is -2.15. The molecule has 1 atom stereocenters. The van der Waals surface area contributed by atoms with Crippen molar-refractivity contribution in [1.82, 2.24) is 15.2 Å². The molecule has 0 fully saturated rings. The molecule has 1 heterocycles. The molecular weight excluding hydrogens is 292 g/mol. The number of esters is 1. The number of aryl methyl sites for hydroxylation is 1. The number of H-pyrrole nitrogens is 1. The van der Waals surface area contributed by atoms with E-state index in [-0.39, 0.29) is 12.0 Å². The lowest BCUT2D eigenvalue weighted by atomic mass is 10.1. The molecule has 0 bridgehead atoms. The Labute approximate surface area is 136 Å². The fraction of sp³-hybridized carbons (Fsp3) is 0.471. The van der Waals surface area contributed by atoms with Gasteiger partial charge in [-0.05, 0) is 45.7 Å². The molecule has 2 rings (SSSR count). The highest BCUT2D eigenvalue weighted by Crippen LogP contribution is 2.20. The number of aromatic amines is 1. The number of ether oxygens (including phenoxy) is 1. The van der Waals surface area contributed by atoms with Crippen LogP contribution in [0.5, 0.6) is 0 Å². The Morgan fingerprint density at radius 2 is 2.26 bits per heavy atom. The van der Waals surface area contributed by atoms with Gasteiger partial charge in [0.15, 0.2) is 5.82 Å². The van der Waals surface area contributed by atoms with Crippen LogP contribution in [0.4, 0.5) is 5.69 Å². The van der Waals surface area contributed by atoms with Crippen LogP contribution < -0.4 is 5.32 Å². The van der Waals surface area contributed by atoms with Crippen molar-refractivity contribution >= 4 is 11.7 Å². The van der Waals surface area contributed by atoms with E-state index in [4.69, 9.17) is 4.74 Å². The van der Waals surface area contributed by atoms with Gasteiger partial charge in [0, 0.05) is 23.7 Å². The molecular formula is C17H24N4O2. The molecule has 6 nitrogen and oxygen atoms in total. The first-order valence-electron chi connectivity index (χ1n) is 8.00. The summed E-state index contributed by atoms with van der Waals surface area (Å²) >= 11 is 0. The molecule has 2 N–H and O–H groups in total. The maximum absolute atomic E-state index is 11.3. The first-order chi connectivity index (χ1) is 11.1. The number of aromatic nitrogens is 3. The maximum Gasteiger partial charge on any atom is 0.305 e. The fourth-order valence-electron chi connectivity index (χ4n) is 2.36. The number of anilines is 1. The van der Waals surface area contributed by atoms with Gasteiger partial charge in [0.2, 0.25) is 0 Å². The fourth-order valence-corrected chi connectivity index (χ4v) is 2.36. The van der Waals surface area contributed by atoms with E-state index in [0.717, 1.165) is 29.9 Å². The number of rotatable bonds is 8. The second kappa shape index (κ2) is 8.31. The summed E-state index contributed by atoms with van der Waals surface area (Å²) in [4.78, 5) is 15.7. The van der Waals surface area contributed by atoms with Crippen molar-refractivity contribution in [2.24, 2.45) is 0 Å². The Balaban J connectivity index is 1.86. The van der Waals surface area contributed by atoms with Crippen LogP contribution >= 0.6 is 0 Å². The van der Waals surface area contributed by atoms with Crippen molar-refractivity contribution < 1.29 is 9.53 Å². The minimum atomic E-state index is -0.123. The van der Waals surface area contributed by atoms with Crippen molar-refractivity contribution in [2.45, 2.75) is 46.1 Å². The molecule has 0 saturated heterocycles. The first-order valence-corrected chi connectivity index (χ1v) is 8.00. The van der Waals surface area contributed by atoms with E-state index in [2.05, 4.69) is 27.4 Å². The molecule has 0 aliphatic rings. The van der Waals surface area contributed by atoms with E-state index in [1.54, 1.807) is 0 Å². The van der Waals surface area contributed by atoms with Crippen molar-refractivity contribution in [2.75, 3.05) is 11.9 Å². The van der Waals surface area contributed by atoms with Crippen LogP contribution in [0.2, 0.25) is 0 Å². The summed E-state index contributed by atoms with van der Waals surface area (Å²) < 4.78 is 4.93. The Morgan fingerprint density at radius 3 is 2.96 bits per heavy atom. The number of benzene rings is 1. The zero-order chi connectivity index (χ0) is 16.7. The molecule has 0 aliphatic carbocycles. The molecule has 0 saturated carbocycles. The summed E-state index contributed by atoms with van der Waals surface area (Å²) in [6, 6.07) is 8.29. The molecule has 0 radical (unpaired) electrons. The van der Waals surface area contributed by atoms with Crippen molar-refractivity contribution in [3.63, 3.8) is 0 Å². The molecule has 0 amide bonds. The third kappa shape index (κ3) is 5.39. The molecule has 0 unspecified atom stereocenters. The second-order valence-electron chi connectivity index (χ2n) is 5.57. The smallest absolute Gasteiger partial charge is 0.305 e. The van der Waals surface area contributed by atoms with Gasteiger partial charge in [-0.25, -0.2) is 4.98 Å². The van der Waals surface area contributed by atoms with Crippen LogP contribution in [-0.2, 0) is 9.53 Å². The normalized spacial score (nSPS) is 12.0. The highest BCUT2D eigenvalue weighted by Gasteiger charge is 2.08. The Morgan fingerprint density at radius 1 is 1.43 bits per heavy atom. The summed E-state index contributed by atoms with van der Waals surface area (Å²) in [5, 5.41) is 10.5. The van der Waals surface area contributed by atoms with Crippen LogP contribution in [0.15, 0.2) is 24.3 Å². The lowest BCUT2D eigenvalue weighted by Gasteiger charge is -2.15. The highest BCUT2D eigenvalue weighted by molar-refractivity contribution is 5.69. The average Bonchev–Trinajstić information content (AvgIpc) is 2.94. The van der Waals surface area contributed by atoms with E-state index in [9.17, 15) is 4.79 Å². The zero-order valence-corrected chi connectivity index (χ0v) is 13.9. The standard InChI is InChI=1S/C17H24N4O2/c1-4-23-16(22)10-5-7-12(2)18-15-9-6-8-14(11-15)17-19-13(3)20-21-17/h6,8-9,11-12,18H,4-5,7,10H2,1-3H3,(H,19,20,21)/t12-/m0/s1. The van der Waals surface area contributed by atoms with Crippen LogP contribution in [0, 0.1) is 6.92 Å². The van der Waals surface area contributed by atoms with E-state index in [1.807, 2.05) is 38.1 Å². The molecule has 2 aromatic rings. The topological polar surface area (TPSA) is 79.9 Å². The zero-order valence-electron chi connectivity index (χ0n) is 13.9. The summed E-state index contributed by atoms with van der Waals surface area (Å²) in [6.45, 7) is 6.25. The predicted molar refractivity (Wildman–Crippen MR) is 90.1 cm³/mol. The third-order valence-electron chi connectivity index (χ3n) is 3.45. The van der Waals surface area contributed by atoms with Crippen molar-refractivity contribution in [3.05, 3.63) is 30.1 Å². The Bertz CT molecular complexity index is 639. The Hall–Kier alpha value is -2.37. The van der Waals surface area contributed by atoms with Gasteiger partial charge in [-0.1, -0.05) is 12.1 Å². The van der Waals surface area contributed by atoms with Gasteiger partial charge in [0.25, 0.3) is 0 Å². The number of carbonyl (C=O) groups excluding carboxylic acids is 1. The Kier molecular flexibility index (Phi) is 6.14. The van der Waals surface area contributed by atoms with Gasteiger partial charge in [-0.15, -0.1) is 0 Å².